The van der Waals surface area contributed by atoms with Crippen LogP contribution in [0.5, 0.6) is 0 Å². The molecule has 29 heavy (non-hydrogen) atoms. The number of thioether (sulfide) groups is 1. The van der Waals surface area contributed by atoms with Gasteiger partial charge in [-0.1, -0.05) is 23.8 Å². The van der Waals surface area contributed by atoms with Crippen LogP contribution < -0.4 is 10.6 Å². The number of nitrogens with one attached hydrogen (secondary N) is 2. The highest BCUT2D eigenvalue weighted by Crippen LogP contribution is 2.23. The first-order chi connectivity index (χ1) is 13.9. The van der Waals surface area contributed by atoms with Gasteiger partial charge in [0.1, 0.15) is 5.82 Å². The minimum absolute atomic E-state index is 0.0947. The van der Waals surface area contributed by atoms with Gasteiger partial charge in [0, 0.05) is 21.8 Å². The quantitative estimate of drug-likeness (QED) is 0.535. The molecule has 3 rings (SSSR count). The molecule has 3 aromatic rings. The molecule has 0 aromatic heterocycles. The van der Waals surface area contributed by atoms with Gasteiger partial charge in [0.05, 0.1) is 5.75 Å². The van der Waals surface area contributed by atoms with E-state index in [1.54, 1.807) is 12.1 Å². The van der Waals surface area contributed by atoms with Crippen LogP contribution in [0.3, 0.4) is 0 Å². The van der Waals surface area contributed by atoms with Crippen LogP contribution >= 0.6 is 11.8 Å². The maximum atomic E-state index is 13.0. The van der Waals surface area contributed by atoms with E-state index in [2.05, 4.69) is 10.6 Å². The van der Waals surface area contributed by atoms with Gasteiger partial charge in [0.2, 0.25) is 5.91 Å². The SMILES string of the molecule is Cc1ccc(NC(=O)CSc2cccc(NC(=O)c3ccc(F)cc3)c2)c(C)c1. The van der Waals surface area contributed by atoms with Crippen molar-refractivity contribution in [2.45, 2.75) is 18.7 Å². The molecule has 0 fully saturated rings. The summed E-state index contributed by atoms with van der Waals surface area (Å²) in [5, 5.41) is 5.70. The maximum absolute atomic E-state index is 13.0. The largest absolute Gasteiger partial charge is 0.325 e. The Balaban J connectivity index is 1.57. The fraction of sp³-hybridized carbons (Fsp3) is 0.130. The molecule has 0 unspecified atom stereocenters. The number of carbonyl (C=O) groups is 2. The topological polar surface area (TPSA) is 58.2 Å². The summed E-state index contributed by atoms with van der Waals surface area (Å²) in [7, 11) is 0. The summed E-state index contributed by atoms with van der Waals surface area (Å²) in [6.45, 7) is 3.97. The fourth-order valence-electron chi connectivity index (χ4n) is 2.76. The first-order valence-electron chi connectivity index (χ1n) is 9.07. The van der Waals surface area contributed by atoms with Crippen molar-refractivity contribution in [3.8, 4) is 0 Å². The van der Waals surface area contributed by atoms with E-state index in [-0.39, 0.29) is 23.4 Å². The highest BCUT2D eigenvalue weighted by atomic mass is 32.2. The van der Waals surface area contributed by atoms with Crippen LogP contribution in [-0.4, -0.2) is 17.6 Å². The zero-order valence-electron chi connectivity index (χ0n) is 16.2. The standard InChI is InChI=1S/C23H21FN2O2S/c1-15-6-11-21(16(2)12-15)26-22(27)14-29-20-5-3-4-19(13-20)25-23(28)17-7-9-18(24)10-8-17/h3-13H,14H2,1-2H3,(H,25,28)(H,26,27). The second-order valence-electron chi connectivity index (χ2n) is 6.64. The summed E-state index contributed by atoms with van der Waals surface area (Å²) >= 11 is 1.38. The molecule has 6 heteroatoms. The summed E-state index contributed by atoms with van der Waals surface area (Å²) in [5.74, 6) is -0.552. The number of hydrogen-bond acceptors (Lipinski definition) is 3. The molecular formula is C23H21FN2O2S. The van der Waals surface area contributed by atoms with E-state index in [4.69, 9.17) is 0 Å². The molecule has 4 nitrogen and oxygen atoms in total. The molecule has 148 valence electrons. The van der Waals surface area contributed by atoms with Crippen molar-refractivity contribution < 1.29 is 14.0 Å². The third-order valence-electron chi connectivity index (χ3n) is 4.22. The Morgan fingerprint density at radius 2 is 1.69 bits per heavy atom. The molecule has 0 radical (unpaired) electrons. The number of hydrogen-bond donors (Lipinski definition) is 2. The predicted octanol–water partition coefficient (Wildman–Crippen LogP) is 5.43. The minimum Gasteiger partial charge on any atom is -0.325 e. The van der Waals surface area contributed by atoms with Crippen molar-refractivity contribution in [1.29, 1.82) is 0 Å². The lowest BCUT2D eigenvalue weighted by Crippen LogP contribution is -2.15. The molecule has 0 atom stereocenters. The van der Waals surface area contributed by atoms with Crippen LogP contribution in [0.2, 0.25) is 0 Å². The Kier molecular flexibility index (Phi) is 6.67. The first kappa shape index (κ1) is 20.6. The van der Waals surface area contributed by atoms with E-state index in [9.17, 15) is 14.0 Å². The Bertz CT molecular complexity index is 1040. The number of carbonyl (C=O) groups excluding carboxylic acids is 2. The van der Waals surface area contributed by atoms with Crippen molar-refractivity contribution in [3.05, 3.63) is 89.2 Å². The van der Waals surface area contributed by atoms with Crippen molar-refractivity contribution in [1.82, 2.24) is 0 Å². The van der Waals surface area contributed by atoms with Crippen LogP contribution in [-0.2, 0) is 4.79 Å². The van der Waals surface area contributed by atoms with Gasteiger partial charge in [-0.2, -0.15) is 0 Å². The van der Waals surface area contributed by atoms with Gasteiger partial charge < -0.3 is 10.6 Å². The predicted molar refractivity (Wildman–Crippen MR) is 116 cm³/mol. The van der Waals surface area contributed by atoms with E-state index in [0.717, 1.165) is 21.7 Å². The lowest BCUT2D eigenvalue weighted by Gasteiger charge is -2.10. The third kappa shape index (κ3) is 5.93. The fourth-order valence-corrected chi connectivity index (χ4v) is 3.51. The van der Waals surface area contributed by atoms with E-state index >= 15 is 0 Å². The Morgan fingerprint density at radius 1 is 0.931 bits per heavy atom. The Hall–Kier alpha value is -3.12. The third-order valence-corrected chi connectivity index (χ3v) is 5.22. The van der Waals surface area contributed by atoms with Gasteiger partial charge in [0.25, 0.3) is 5.91 Å². The molecule has 2 N–H and O–H groups in total. The van der Waals surface area contributed by atoms with Crippen molar-refractivity contribution in [2.75, 3.05) is 16.4 Å². The molecule has 0 heterocycles. The number of anilines is 2. The lowest BCUT2D eigenvalue weighted by molar-refractivity contribution is -0.113. The summed E-state index contributed by atoms with van der Waals surface area (Å²) in [4.78, 5) is 25.4. The molecule has 3 aromatic carbocycles. The minimum atomic E-state index is -0.390. The number of benzene rings is 3. The molecular weight excluding hydrogens is 387 g/mol. The van der Waals surface area contributed by atoms with Gasteiger partial charge in [0.15, 0.2) is 0 Å². The zero-order chi connectivity index (χ0) is 20.8. The monoisotopic (exact) mass is 408 g/mol. The average Bonchev–Trinajstić information content (AvgIpc) is 2.69. The molecule has 0 aliphatic heterocycles. The Morgan fingerprint density at radius 3 is 2.41 bits per heavy atom. The highest BCUT2D eigenvalue weighted by Gasteiger charge is 2.09. The van der Waals surface area contributed by atoms with Gasteiger partial charge in [-0.15, -0.1) is 11.8 Å². The molecule has 0 saturated heterocycles. The highest BCUT2D eigenvalue weighted by molar-refractivity contribution is 8.00. The first-order valence-corrected chi connectivity index (χ1v) is 10.1. The van der Waals surface area contributed by atoms with Crippen LogP contribution in [0.25, 0.3) is 0 Å². The summed E-state index contributed by atoms with van der Waals surface area (Å²) in [6, 6.07) is 18.5. The van der Waals surface area contributed by atoms with E-state index in [0.29, 0.717) is 11.3 Å². The van der Waals surface area contributed by atoms with Gasteiger partial charge in [-0.05, 0) is 67.9 Å². The van der Waals surface area contributed by atoms with Crippen molar-refractivity contribution in [3.63, 3.8) is 0 Å². The summed E-state index contributed by atoms with van der Waals surface area (Å²) in [5.41, 5.74) is 3.96. The number of amides is 2. The maximum Gasteiger partial charge on any atom is 0.255 e. The Labute approximate surface area is 173 Å². The molecule has 0 aliphatic rings. The van der Waals surface area contributed by atoms with E-state index in [1.807, 2.05) is 44.2 Å². The van der Waals surface area contributed by atoms with Crippen LogP contribution in [0.4, 0.5) is 15.8 Å². The summed E-state index contributed by atoms with van der Waals surface area (Å²) < 4.78 is 13.0. The van der Waals surface area contributed by atoms with Crippen molar-refractivity contribution >= 4 is 35.0 Å². The number of halogens is 1. The molecule has 2 amide bonds. The van der Waals surface area contributed by atoms with Gasteiger partial charge in [-0.25, -0.2) is 4.39 Å². The molecule has 0 saturated carbocycles. The summed E-state index contributed by atoms with van der Waals surface area (Å²) in [6.07, 6.45) is 0. The number of rotatable bonds is 6. The van der Waals surface area contributed by atoms with Gasteiger partial charge in [-0.3, -0.25) is 9.59 Å². The zero-order valence-corrected chi connectivity index (χ0v) is 17.0. The second-order valence-corrected chi connectivity index (χ2v) is 7.69. The molecule has 0 aliphatic carbocycles. The van der Waals surface area contributed by atoms with Crippen molar-refractivity contribution in [2.24, 2.45) is 0 Å². The second kappa shape index (κ2) is 9.39. The van der Waals surface area contributed by atoms with Crippen LogP contribution in [0, 0.1) is 19.7 Å². The van der Waals surface area contributed by atoms with Gasteiger partial charge >= 0.3 is 0 Å². The van der Waals surface area contributed by atoms with Crippen LogP contribution in [0.15, 0.2) is 71.6 Å². The number of aryl methyl sites for hydroxylation is 2. The normalized spacial score (nSPS) is 10.4. The molecule has 0 spiro atoms. The lowest BCUT2D eigenvalue weighted by atomic mass is 10.1. The van der Waals surface area contributed by atoms with Crippen LogP contribution in [0.1, 0.15) is 21.5 Å². The molecule has 0 bridgehead atoms. The average molecular weight is 408 g/mol. The van der Waals surface area contributed by atoms with E-state index in [1.165, 1.54) is 36.0 Å². The smallest absolute Gasteiger partial charge is 0.255 e. The van der Waals surface area contributed by atoms with E-state index < -0.39 is 0 Å².